The number of benzene rings is 3. The SMILES string of the molecule is COc1ccccc1COCCCOc1ccc(C(NC(=O)c2ccccc2OC)[C@H]2CNCC(=O)N2)cc1. The van der Waals surface area contributed by atoms with Gasteiger partial charge < -0.3 is 34.9 Å². The third-order valence-corrected chi connectivity index (χ3v) is 6.43. The van der Waals surface area contributed by atoms with Crippen molar-refractivity contribution in [2.24, 2.45) is 0 Å². The Morgan fingerprint density at radius 3 is 2.41 bits per heavy atom. The molecule has 0 aliphatic carbocycles. The van der Waals surface area contributed by atoms with E-state index in [1.165, 1.54) is 7.11 Å². The van der Waals surface area contributed by atoms with Gasteiger partial charge in [0.2, 0.25) is 5.91 Å². The molecule has 0 bridgehead atoms. The first kappa shape index (κ1) is 27.9. The monoisotopic (exact) mass is 533 g/mol. The fraction of sp³-hybridized carbons (Fsp3) is 0.333. The van der Waals surface area contributed by atoms with Crippen molar-refractivity contribution in [2.45, 2.75) is 25.1 Å². The van der Waals surface area contributed by atoms with E-state index < -0.39 is 6.04 Å². The van der Waals surface area contributed by atoms with Crippen molar-refractivity contribution < 1.29 is 28.5 Å². The van der Waals surface area contributed by atoms with Gasteiger partial charge in [-0.25, -0.2) is 0 Å². The Kier molecular flexibility index (Phi) is 10.2. The lowest BCUT2D eigenvalue weighted by Crippen LogP contribution is -2.57. The van der Waals surface area contributed by atoms with Crippen LogP contribution in [0.4, 0.5) is 0 Å². The van der Waals surface area contributed by atoms with Crippen LogP contribution in [0.25, 0.3) is 0 Å². The molecule has 1 aliphatic heterocycles. The number of para-hydroxylation sites is 2. The molecule has 3 N–H and O–H groups in total. The molecule has 9 nitrogen and oxygen atoms in total. The number of carbonyl (C=O) groups is 2. The fourth-order valence-corrected chi connectivity index (χ4v) is 4.45. The Labute approximate surface area is 228 Å². The highest BCUT2D eigenvalue weighted by Crippen LogP contribution is 2.24. The number of ether oxygens (including phenoxy) is 4. The summed E-state index contributed by atoms with van der Waals surface area (Å²) in [6, 6.07) is 21.6. The summed E-state index contributed by atoms with van der Waals surface area (Å²) in [4.78, 5) is 25.3. The van der Waals surface area contributed by atoms with Crippen LogP contribution in [0.5, 0.6) is 17.2 Å². The van der Waals surface area contributed by atoms with Crippen molar-refractivity contribution in [3.63, 3.8) is 0 Å². The molecular formula is C30H35N3O6. The first-order valence-electron chi connectivity index (χ1n) is 13.0. The van der Waals surface area contributed by atoms with Crippen molar-refractivity contribution in [3.8, 4) is 17.2 Å². The van der Waals surface area contributed by atoms with E-state index in [4.69, 9.17) is 18.9 Å². The van der Waals surface area contributed by atoms with Crippen molar-refractivity contribution in [2.75, 3.05) is 40.5 Å². The van der Waals surface area contributed by atoms with Crippen LogP contribution < -0.4 is 30.2 Å². The molecule has 0 radical (unpaired) electrons. The second kappa shape index (κ2) is 14.2. The van der Waals surface area contributed by atoms with Gasteiger partial charge in [-0.15, -0.1) is 0 Å². The molecular weight excluding hydrogens is 498 g/mol. The van der Waals surface area contributed by atoms with Crippen molar-refractivity contribution in [1.82, 2.24) is 16.0 Å². The highest BCUT2D eigenvalue weighted by molar-refractivity contribution is 5.97. The number of hydrogen-bond donors (Lipinski definition) is 3. The molecule has 0 aromatic heterocycles. The lowest BCUT2D eigenvalue weighted by molar-refractivity contribution is -0.122. The molecule has 1 heterocycles. The molecule has 2 amide bonds. The minimum absolute atomic E-state index is 0.115. The van der Waals surface area contributed by atoms with Gasteiger partial charge in [-0.05, 0) is 35.9 Å². The van der Waals surface area contributed by atoms with Crippen LogP contribution in [-0.4, -0.2) is 58.4 Å². The van der Waals surface area contributed by atoms with E-state index in [1.54, 1.807) is 25.3 Å². The van der Waals surface area contributed by atoms with E-state index in [0.29, 0.717) is 43.4 Å². The zero-order valence-corrected chi connectivity index (χ0v) is 22.3. The quantitative estimate of drug-likeness (QED) is 0.290. The molecule has 9 heteroatoms. The highest BCUT2D eigenvalue weighted by Gasteiger charge is 2.30. The Bertz CT molecular complexity index is 1230. The van der Waals surface area contributed by atoms with Gasteiger partial charge >= 0.3 is 0 Å². The summed E-state index contributed by atoms with van der Waals surface area (Å²) >= 11 is 0. The first-order chi connectivity index (χ1) is 19.1. The van der Waals surface area contributed by atoms with Gasteiger partial charge in [0.1, 0.15) is 17.2 Å². The highest BCUT2D eigenvalue weighted by atomic mass is 16.5. The average molecular weight is 534 g/mol. The Morgan fingerprint density at radius 1 is 0.949 bits per heavy atom. The predicted octanol–water partition coefficient (Wildman–Crippen LogP) is 3.25. The Hall–Kier alpha value is -4.08. The zero-order valence-electron chi connectivity index (χ0n) is 22.3. The maximum absolute atomic E-state index is 13.2. The molecule has 2 atom stereocenters. The molecule has 1 unspecified atom stereocenters. The topological polar surface area (TPSA) is 107 Å². The first-order valence-corrected chi connectivity index (χ1v) is 13.0. The molecule has 4 rings (SSSR count). The number of amides is 2. The number of methoxy groups -OCH3 is 2. The van der Waals surface area contributed by atoms with E-state index in [-0.39, 0.29) is 24.4 Å². The lowest BCUT2D eigenvalue weighted by Gasteiger charge is -2.32. The normalized spacial score (nSPS) is 15.6. The average Bonchev–Trinajstić information content (AvgIpc) is 2.98. The molecule has 0 spiro atoms. The molecule has 1 saturated heterocycles. The molecule has 0 saturated carbocycles. The third-order valence-electron chi connectivity index (χ3n) is 6.43. The number of hydrogen-bond acceptors (Lipinski definition) is 7. The van der Waals surface area contributed by atoms with Crippen LogP contribution in [0.3, 0.4) is 0 Å². The minimum Gasteiger partial charge on any atom is -0.496 e. The fourth-order valence-electron chi connectivity index (χ4n) is 4.45. The van der Waals surface area contributed by atoms with Crippen LogP contribution in [0, 0.1) is 0 Å². The van der Waals surface area contributed by atoms with Crippen molar-refractivity contribution in [3.05, 3.63) is 89.5 Å². The van der Waals surface area contributed by atoms with Gasteiger partial charge in [-0.1, -0.05) is 42.5 Å². The molecule has 206 valence electrons. The maximum Gasteiger partial charge on any atom is 0.255 e. The van der Waals surface area contributed by atoms with Crippen LogP contribution in [0.1, 0.15) is 33.9 Å². The van der Waals surface area contributed by atoms with E-state index in [2.05, 4.69) is 16.0 Å². The molecule has 3 aromatic carbocycles. The molecule has 1 aliphatic rings. The van der Waals surface area contributed by atoms with Gasteiger partial charge in [0, 0.05) is 18.5 Å². The minimum atomic E-state index is -0.461. The maximum atomic E-state index is 13.2. The van der Waals surface area contributed by atoms with E-state index in [9.17, 15) is 9.59 Å². The number of rotatable bonds is 13. The van der Waals surface area contributed by atoms with Gasteiger partial charge in [0.25, 0.3) is 5.91 Å². The zero-order chi connectivity index (χ0) is 27.5. The second-order valence-electron chi connectivity index (χ2n) is 9.09. The lowest BCUT2D eigenvalue weighted by atomic mass is 9.97. The second-order valence-corrected chi connectivity index (χ2v) is 9.09. The summed E-state index contributed by atoms with van der Waals surface area (Å²) in [6.45, 7) is 2.31. The number of carbonyl (C=O) groups excluding carboxylic acids is 2. The third kappa shape index (κ3) is 7.72. The van der Waals surface area contributed by atoms with Crippen molar-refractivity contribution in [1.29, 1.82) is 0 Å². The smallest absolute Gasteiger partial charge is 0.255 e. The van der Waals surface area contributed by atoms with Crippen LogP contribution in [0.15, 0.2) is 72.8 Å². The summed E-state index contributed by atoms with van der Waals surface area (Å²) < 4.78 is 22.4. The van der Waals surface area contributed by atoms with Crippen LogP contribution in [0.2, 0.25) is 0 Å². The van der Waals surface area contributed by atoms with Gasteiger partial charge in [0.05, 0.1) is 58.2 Å². The largest absolute Gasteiger partial charge is 0.496 e. The van der Waals surface area contributed by atoms with E-state index in [0.717, 1.165) is 23.3 Å². The molecule has 3 aromatic rings. The summed E-state index contributed by atoms with van der Waals surface area (Å²) in [5.74, 6) is 1.61. The summed E-state index contributed by atoms with van der Waals surface area (Å²) in [6.07, 6.45) is 0.730. The van der Waals surface area contributed by atoms with Crippen molar-refractivity contribution >= 4 is 11.8 Å². The molecule has 1 fully saturated rings. The van der Waals surface area contributed by atoms with E-state index >= 15 is 0 Å². The predicted molar refractivity (Wildman–Crippen MR) is 147 cm³/mol. The van der Waals surface area contributed by atoms with Crippen LogP contribution in [-0.2, 0) is 16.1 Å². The van der Waals surface area contributed by atoms with Crippen LogP contribution >= 0.6 is 0 Å². The number of piperazine rings is 1. The number of nitrogens with one attached hydrogen (secondary N) is 3. The summed E-state index contributed by atoms with van der Waals surface area (Å²) in [5, 5.41) is 9.18. The Morgan fingerprint density at radius 2 is 1.67 bits per heavy atom. The van der Waals surface area contributed by atoms with E-state index in [1.807, 2.05) is 54.6 Å². The van der Waals surface area contributed by atoms with Gasteiger partial charge in [-0.3, -0.25) is 9.59 Å². The Balaban J connectivity index is 1.33. The summed E-state index contributed by atoms with van der Waals surface area (Å²) in [7, 11) is 3.18. The standard InChI is InChI=1S/C30H35N3O6/c1-36-26-10-5-3-8-22(26)20-38-16-7-17-39-23-14-12-21(13-15-23)29(25-18-31-19-28(34)32-25)33-30(35)24-9-4-6-11-27(24)37-2/h3-6,8-15,25,29,31H,7,16-20H2,1-2H3,(H,32,34)(H,33,35)/t25-,29?/m1/s1. The van der Waals surface area contributed by atoms with Gasteiger partial charge in [-0.2, -0.15) is 0 Å². The van der Waals surface area contributed by atoms with Gasteiger partial charge in [0.15, 0.2) is 0 Å². The molecule has 39 heavy (non-hydrogen) atoms. The summed E-state index contributed by atoms with van der Waals surface area (Å²) in [5.41, 5.74) is 2.28.